The summed E-state index contributed by atoms with van der Waals surface area (Å²) in [5.41, 5.74) is 1.15. The highest BCUT2D eigenvalue weighted by Crippen LogP contribution is 2.29. The van der Waals surface area contributed by atoms with Crippen molar-refractivity contribution >= 4 is 5.91 Å². The van der Waals surface area contributed by atoms with Crippen molar-refractivity contribution in [1.82, 2.24) is 14.7 Å². The number of para-hydroxylation sites is 1. The van der Waals surface area contributed by atoms with Crippen LogP contribution in [0.15, 0.2) is 24.3 Å². The minimum absolute atomic E-state index is 0.0998. The first-order valence-electron chi connectivity index (χ1n) is 10.1. The molecule has 142 valence electrons. The zero-order valence-electron chi connectivity index (χ0n) is 16.1. The fraction of sp³-hybridized carbons (Fsp3) is 0.667. The lowest BCUT2D eigenvalue weighted by Crippen LogP contribution is -2.61. The second kappa shape index (κ2) is 7.57. The first kappa shape index (κ1) is 17.8. The molecule has 1 aromatic rings. The summed E-state index contributed by atoms with van der Waals surface area (Å²) in [5, 5.41) is 0. The van der Waals surface area contributed by atoms with E-state index in [4.69, 9.17) is 4.74 Å². The molecule has 3 heterocycles. The lowest BCUT2D eigenvalue weighted by Gasteiger charge is -2.43. The summed E-state index contributed by atoms with van der Waals surface area (Å²) in [7, 11) is 2.19. The Labute approximate surface area is 156 Å². The lowest BCUT2D eigenvalue weighted by molar-refractivity contribution is -0.146. The number of rotatable bonds is 4. The van der Waals surface area contributed by atoms with Crippen molar-refractivity contribution in [1.29, 1.82) is 0 Å². The van der Waals surface area contributed by atoms with E-state index in [0.29, 0.717) is 11.9 Å². The summed E-state index contributed by atoms with van der Waals surface area (Å²) in [4.78, 5) is 19.9. The maximum absolute atomic E-state index is 13.0. The molecule has 0 aromatic heterocycles. The minimum atomic E-state index is 0.0998. The predicted molar refractivity (Wildman–Crippen MR) is 102 cm³/mol. The number of benzene rings is 1. The van der Waals surface area contributed by atoms with Crippen LogP contribution in [0.5, 0.6) is 5.75 Å². The molecule has 3 aliphatic rings. The number of aryl methyl sites for hydroxylation is 1. The Bertz CT molecular complexity index is 636. The van der Waals surface area contributed by atoms with Gasteiger partial charge in [0.1, 0.15) is 11.9 Å². The number of amides is 1. The Hall–Kier alpha value is -1.59. The molecule has 0 spiro atoms. The largest absolute Gasteiger partial charge is 0.486 e. The van der Waals surface area contributed by atoms with Crippen molar-refractivity contribution in [3.63, 3.8) is 0 Å². The van der Waals surface area contributed by atoms with Crippen molar-refractivity contribution in [2.24, 2.45) is 0 Å². The van der Waals surface area contributed by atoms with E-state index < -0.39 is 0 Å². The number of hydrogen-bond acceptors (Lipinski definition) is 4. The molecule has 0 saturated carbocycles. The normalized spacial score (nSPS) is 26.1. The Kier molecular flexibility index (Phi) is 5.18. The first-order valence-corrected chi connectivity index (χ1v) is 10.1. The van der Waals surface area contributed by atoms with Crippen LogP contribution in [0.4, 0.5) is 0 Å². The second-order valence-corrected chi connectivity index (χ2v) is 8.18. The summed E-state index contributed by atoms with van der Waals surface area (Å²) in [6.07, 6.45) is 4.70. The van der Waals surface area contributed by atoms with Gasteiger partial charge in [0.05, 0.1) is 19.1 Å². The Morgan fingerprint density at radius 3 is 2.54 bits per heavy atom. The van der Waals surface area contributed by atoms with E-state index in [1.807, 2.05) is 23.1 Å². The van der Waals surface area contributed by atoms with Crippen molar-refractivity contribution in [2.45, 2.75) is 50.8 Å². The molecule has 0 radical (unpaired) electrons. The van der Waals surface area contributed by atoms with Gasteiger partial charge in [-0.05, 0) is 70.9 Å². The van der Waals surface area contributed by atoms with Crippen molar-refractivity contribution in [3.8, 4) is 5.75 Å². The molecule has 0 N–H and O–H groups in total. The van der Waals surface area contributed by atoms with Gasteiger partial charge in [-0.2, -0.15) is 0 Å². The van der Waals surface area contributed by atoms with E-state index >= 15 is 0 Å². The maximum atomic E-state index is 13.0. The molecule has 1 aromatic carbocycles. The van der Waals surface area contributed by atoms with Crippen LogP contribution < -0.4 is 4.74 Å². The van der Waals surface area contributed by atoms with Crippen LogP contribution in [0, 0.1) is 6.92 Å². The zero-order chi connectivity index (χ0) is 18.1. The Morgan fingerprint density at radius 2 is 1.81 bits per heavy atom. The molecular formula is C21H31N3O2. The quantitative estimate of drug-likeness (QED) is 0.827. The van der Waals surface area contributed by atoms with Crippen LogP contribution in [0.1, 0.15) is 31.2 Å². The fourth-order valence-corrected chi connectivity index (χ4v) is 4.59. The first-order chi connectivity index (χ1) is 12.6. The topological polar surface area (TPSA) is 36.0 Å². The number of hydrogen-bond donors (Lipinski definition) is 0. The third-order valence-electron chi connectivity index (χ3n) is 6.28. The summed E-state index contributed by atoms with van der Waals surface area (Å²) < 4.78 is 6.07. The number of likely N-dealkylation sites (tertiary alicyclic amines) is 3. The maximum Gasteiger partial charge on any atom is 0.240 e. The van der Waals surface area contributed by atoms with Crippen LogP contribution >= 0.6 is 0 Å². The van der Waals surface area contributed by atoms with Gasteiger partial charge in [0.15, 0.2) is 0 Å². The standard InChI is InChI=1S/C21H31N3O2/c1-16-6-3-4-8-20(16)26-18-14-23(15-18)21(25)19-7-5-11-24(19)17-9-12-22(2)13-10-17/h3-4,6,8,17-19H,5,7,9-15H2,1-2H3. The van der Waals surface area contributed by atoms with Gasteiger partial charge < -0.3 is 14.5 Å². The highest BCUT2D eigenvalue weighted by Gasteiger charge is 2.42. The van der Waals surface area contributed by atoms with E-state index in [9.17, 15) is 4.79 Å². The van der Waals surface area contributed by atoms with Crippen molar-refractivity contribution < 1.29 is 9.53 Å². The third-order valence-corrected chi connectivity index (χ3v) is 6.28. The molecule has 4 rings (SSSR count). The van der Waals surface area contributed by atoms with Crippen LogP contribution in [-0.2, 0) is 4.79 Å². The van der Waals surface area contributed by atoms with E-state index in [0.717, 1.165) is 56.9 Å². The highest BCUT2D eigenvalue weighted by molar-refractivity contribution is 5.83. The van der Waals surface area contributed by atoms with Crippen LogP contribution in [-0.4, -0.2) is 78.6 Å². The zero-order valence-corrected chi connectivity index (χ0v) is 16.1. The molecular weight excluding hydrogens is 326 g/mol. The molecule has 0 bridgehead atoms. The van der Waals surface area contributed by atoms with E-state index in [-0.39, 0.29) is 12.1 Å². The number of carbonyl (C=O) groups excluding carboxylic acids is 1. The predicted octanol–water partition coefficient (Wildman–Crippen LogP) is 2.14. The van der Waals surface area contributed by atoms with Gasteiger partial charge in [0, 0.05) is 6.04 Å². The number of ether oxygens (including phenoxy) is 1. The average molecular weight is 357 g/mol. The Balaban J connectivity index is 1.30. The van der Waals surface area contributed by atoms with Gasteiger partial charge in [-0.3, -0.25) is 9.69 Å². The fourth-order valence-electron chi connectivity index (χ4n) is 4.59. The lowest BCUT2D eigenvalue weighted by atomic mass is 10.0. The summed E-state index contributed by atoms with van der Waals surface area (Å²) in [6, 6.07) is 8.79. The summed E-state index contributed by atoms with van der Waals surface area (Å²) >= 11 is 0. The van der Waals surface area contributed by atoms with E-state index in [1.54, 1.807) is 0 Å². The summed E-state index contributed by atoms with van der Waals surface area (Å²) in [5.74, 6) is 1.27. The highest BCUT2D eigenvalue weighted by atomic mass is 16.5. The van der Waals surface area contributed by atoms with Gasteiger partial charge in [-0.1, -0.05) is 18.2 Å². The molecule has 1 amide bonds. The van der Waals surface area contributed by atoms with Gasteiger partial charge in [-0.25, -0.2) is 0 Å². The minimum Gasteiger partial charge on any atom is -0.486 e. The molecule has 3 saturated heterocycles. The molecule has 0 aliphatic carbocycles. The smallest absolute Gasteiger partial charge is 0.240 e. The summed E-state index contributed by atoms with van der Waals surface area (Å²) in [6.45, 7) is 6.91. The molecule has 5 heteroatoms. The van der Waals surface area contributed by atoms with Crippen LogP contribution in [0.2, 0.25) is 0 Å². The molecule has 3 aliphatic heterocycles. The van der Waals surface area contributed by atoms with Gasteiger partial charge in [-0.15, -0.1) is 0 Å². The number of carbonyl (C=O) groups is 1. The number of nitrogens with zero attached hydrogens (tertiary/aromatic N) is 3. The Morgan fingerprint density at radius 1 is 1.08 bits per heavy atom. The average Bonchev–Trinajstić information content (AvgIpc) is 3.09. The third kappa shape index (κ3) is 3.60. The van der Waals surface area contributed by atoms with Gasteiger partial charge >= 0.3 is 0 Å². The molecule has 3 fully saturated rings. The van der Waals surface area contributed by atoms with Crippen LogP contribution in [0.3, 0.4) is 0 Å². The monoisotopic (exact) mass is 357 g/mol. The van der Waals surface area contributed by atoms with Gasteiger partial charge in [0.2, 0.25) is 5.91 Å². The number of piperidine rings is 1. The van der Waals surface area contributed by atoms with Crippen molar-refractivity contribution in [2.75, 3.05) is 39.8 Å². The van der Waals surface area contributed by atoms with Crippen molar-refractivity contribution in [3.05, 3.63) is 29.8 Å². The van der Waals surface area contributed by atoms with Crippen LogP contribution in [0.25, 0.3) is 0 Å². The van der Waals surface area contributed by atoms with E-state index in [1.165, 1.54) is 12.8 Å². The molecule has 5 nitrogen and oxygen atoms in total. The van der Waals surface area contributed by atoms with Gasteiger partial charge in [0.25, 0.3) is 0 Å². The molecule has 1 atom stereocenters. The molecule has 26 heavy (non-hydrogen) atoms. The second-order valence-electron chi connectivity index (χ2n) is 8.18. The SMILES string of the molecule is Cc1ccccc1OC1CN(C(=O)C2CCCN2C2CCN(C)CC2)C1. The van der Waals surface area contributed by atoms with E-state index in [2.05, 4.69) is 29.8 Å². The molecule has 1 unspecified atom stereocenters.